The first-order valence-electron chi connectivity index (χ1n) is 6.54. The van der Waals surface area contributed by atoms with E-state index in [9.17, 15) is 4.79 Å². The maximum absolute atomic E-state index is 11.7. The largest absolute Gasteiger partial charge is 0.492 e. The minimum Gasteiger partial charge on any atom is -0.492 e. The van der Waals surface area contributed by atoms with Gasteiger partial charge in [0.15, 0.2) is 5.82 Å². The van der Waals surface area contributed by atoms with E-state index in [1.165, 1.54) is 15.9 Å². The number of hydrogen-bond acceptors (Lipinski definition) is 5. The Hall–Kier alpha value is -2.34. The predicted molar refractivity (Wildman–Crippen MR) is 80.8 cm³/mol. The van der Waals surface area contributed by atoms with Gasteiger partial charge in [-0.1, -0.05) is 23.4 Å². The molecule has 0 aliphatic heterocycles. The predicted octanol–water partition coefficient (Wildman–Crippen LogP) is 2.95. The average molecular weight is 302 g/mol. The van der Waals surface area contributed by atoms with E-state index in [4.69, 9.17) is 9.26 Å². The fourth-order valence-electron chi connectivity index (χ4n) is 2.01. The van der Waals surface area contributed by atoms with Crippen LogP contribution in [0.15, 0.2) is 51.1 Å². The van der Waals surface area contributed by atoms with E-state index < -0.39 is 5.76 Å². The van der Waals surface area contributed by atoms with E-state index in [-0.39, 0.29) is 0 Å². The number of aromatic nitrogens is 2. The molecule has 3 rings (SSSR count). The molecule has 0 fully saturated rings. The van der Waals surface area contributed by atoms with Crippen molar-refractivity contribution in [2.24, 2.45) is 0 Å². The van der Waals surface area contributed by atoms with Crippen molar-refractivity contribution in [3.63, 3.8) is 0 Å². The maximum atomic E-state index is 11.7. The summed E-state index contributed by atoms with van der Waals surface area (Å²) in [5, 5.41) is 5.76. The Bertz CT molecular complexity index is 774. The lowest BCUT2D eigenvalue weighted by molar-refractivity contribution is 0.290. The molecule has 0 aliphatic rings. The molecule has 0 N–H and O–H groups in total. The molecule has 0 unspecified atom stereocenters. The summed E-state index contributed by atoms with van der Waals surface area (Å²) in [4.78, 5) is 12.6. The van der Waals surface area contributed by atoms with Crippen LogP contribution in [0.2, 0.25) is 0 Å². The summed E-state index contributed by atoms with van der Waals surface area (Å²) in [5.74, 6) is 0.867. The second kappa shape index (κ2) is 5.97. The Labute approximate surface area is 125 Å². The molecule has 0 spiro atoms. The Morgan fingerprint density at radius 3 is 3.00 bits per heavy atom. The van der Waals surface area contributed by atoms with Crippen LogP contribution in [0.4, 0.5) is 0 Å². The van der Waals surface area contributed by atoms with Gasteiger partial charge in [-0.05, 0) is 36.1 Å². The highest BCUT2D eigenvalue weighted by Crippen LogP contribution is 2.21. The van der Waals surface area contributed by atoms with E-state index in [0.717, 1.165) is 16.2 Å². The van der Waals surface area contributed by atoms with Crippen LogP contribution in [0.5, 0.6) is 5.75 Å². The lowest BCUT2D eigenvalue weighted by Gasteiger charge is -2.07. The van der Waals surface area contributed by atoms with Crippen LogP contribution < -0.4 is 10.5 Å². The molecular formula is C15H14N2O3S. The van der Waals surface area contributed by atoms with Crippen LogP contribution in [0.1, 0.15) is 5.56 Å². The van der Waals surface area contributed by atoms with Gasteiger partial charge in [-0.15, -0.1) is 11.3 Å². The van der Waals surface area contributed by atoms with Crippen LogP contribution in [-0.4, -0.2) is 16.3 Å². The Morgan fingerprint density at radius 2 is 2.24 bits per heavy atom. The third-order valence-electron chi connectivity index (χ3n) is 3.00. The number of rotatable bonds is 5. The number of benzene rings is 1. The molecule has 0 aliphatic carbocycles. The van der Waals surface area contributed by atoms with Crippen molar-refractivity contribution in [1.82, 2.24) is 9.72 Å². The van der Waals surface area contributed by atoms with E-state index in [1.807, 2.05) is 48.7 Å². The summed E-state index contributed by atoms with van der Waals surface area (Å²) in [6, 6.07) is 11.6. The molecule has 0 radical (unpaired) electrons. The van der Waals surface area contributed by atoms with Gasteiger partial charge < -0.3 is 4.74 Å². The number of nitrogens with zero attached hydrogens (tertiary/aromatic N) is 2. The highest BCUT2D eigenvalue weighted by Gasteiger charge is 2.13. The smallest absolute Gasteiger partial charge is 0.442 e. The average Bonchev–Trinajstić information content (AvgIpc) is 3.09. The van der Waals surface area contributed by atoms with Crippen LogP contribution in [0.3, 0.4) is 0 Å². The van der Waals surface area contributed by atoms with E-state index in [2.05, 4.69) is 5.16 Å². The van der Waals surface area contributed by atoms with Gasteiger partial charge in [0.2, 0.25) is 0 Å². The van der Waals surface area contributed by atoms with Crippen LogP contribution in [-0.2, 0) is 6.54 Å². The van der Waals surface area contributed by atoms with Gasteiger partial charge in [0, 0.05) is 0 Å². The summed E-state index contributed by atoms with van der Waals surface area (Å²) in [6.07, 6.45) is 0. The molecule has 108 valence electrons. The Kier molecular flexibility index (Phi) is 3.87. The monoisotopic (exact) mass is 302 g/mol. The molecular weight excluding hydrogens is 288 g/mol. The van der Waals surface area contributed by atoms with Gasteiger partial charge in [0.25, 0.3) is 0 Å². The molecule has 0 saturated heterocycles. The third-order valence-corrected chi connectivity index (χ3v) is 3.87. The summed E-state index contributed by atoms with van der Waals surface area (Å²) < 4.78 is 11.9. The zero-order chi connectivity index (χ0) is 14.7. The minimum atomic E-state index is -0.466. The number of aryl methyl sites for hydroxylation is 1. The van der Waals surface area contributed by atoms with Crippen LogP contribution >= 0.6 is 11.3 Å². The molecule has 1 aromatic carbocycles. The SMILES string of the molecule is Cc1cccc(OCCn2c(-c3cccs3)noc2=O)c1. The van der Waals surface area contributed by atoms with Crippen molar-refractivity contribution in [2.45, 2.75) is 13.5 Å². The van der Waals surface area contributed by atoms with E-state index >= 15 is 0 Å². The second-order valence-corrected chi connectivity index (χ2v) is 5.51. The molecule has 0 saturated carbocycles. The van der Waals surface area contributed by atoms with Gasteiger partial charge in [-0.25, -0.2) is 4.79 Å². The molecule has 6 heteroatoms. The summed E-state index contributed by atoms with van der Waals surface area (Å²) in [6.45, 7) is 2.78. The minimum absolute atomic E-state index is 0.378. The van der Waals surface area contributed by atoms with Gasteiger partial charge in [-0.3, -0.25) is 9.09 Å². The van der Waals surface area contributed by atoms with Crippen LogP contribution in [0, 0.1) is 6.92 Å². The topological polar surface area (TPSA) is 57.3 Å². The highest BCUT2D eigenvalue weighted by molar-refractivity contribution is 7.13. The summed E-state index contributed by atoms with van der Waals surface area (Å²) >= 11 is 1.51. The zero-order valence-corrected chi connectivity index (χ0v) is 12.3. The fourth-order valence-corrected chi connectivity index (χ4v) is 2.72. The normalized spacial score (nSPS) is 10.7. The number of ether oxygens (including phenoxy) is 1. The third kappa shape index (κ3) is 3.05. The quantitative estimate of drug-likeness (QED) is 0.727. The van der Waals surface area contributed by atoms with Crippen molar-refractivity contribution < 1.29 is 9.26 Å². The van der Waals surface area contributed by atoms with Crippen LogP contribution in [0.25, 0.3) is 10.7 Å². The number of thiophene rings is 1. The number of hydrogen-bond donors (Lipinski definition) is 0. The zero-order valence-electron chi connectivity index (χ0n) is 11.5. The molecule has 5 nitrogen and oxygen atoms in total. The maximum Gasteiger partial charge on any atom is 0.442 e. The lowest BCUT2D eigenvalue weighted by atomic mass is 10.2. The van der Waals surface area contributed by atoms with Crippen molar-refractivity contribution >= 4 is 11.3 Å². The standard InChI is InChI=1S/C15H14N2O3S/c1-11-4-2-5-12(10-11)19-8-7-17-14(16-20-15(17)18)13-6-3-9-21-13/h2-6,9-10H,7-8H2,1H3. The molecule has 0 bridgehead atoms. The molecule has 0 amide bonds. The Balaban J connectivity index is 1.71. The molecule has 21 heavy (non-hydrogen) atoms. The molecule has 3 aromatic rings. The Morgan fingerprint density at radius 1 is 1.33 bits per heavy atom. The van der Waals surface area contributed by atoms with Gasteiger partial charge in [0.05, 0.1) is 11.4 Å². The summed E-state index contributed by atoms with van der Waals surface area (Å²) in [7, 11) is 0. The molecule has 2 aromatic heterocycles. The van der Waals surface area contributed by atoms with E-state index in [0.29, 0.717) is 19.0 Å². The van der Waals surface area contributed by atoms with Crippen molar-refractivity contribution in [3.05, 3.63) is 57.9 Å². The van der Waals surface area contributed by atoms with Crippen molar-refractivity contribution in [3.8, 4) is 16.5 Å². The van der Waals surface area contributed by atoms with Gasteiger partial charge in [-0.2, -0.15) is 0 Å². The molecule has 0 atom stereocenters. The first kappa shape index (κ1) is 13.6. The van der Waals surface area contributed by atoms with Gasteiger partial charge in [0.1, 0.15) is 12.4 Å². The highest BCUT2D eigenvalue weighted by atomic mass is 32.1. The summed E-state index contributed by atoms with van der Waals surface area (Å²) in [5.41, 5.74) is 1.13. The first-order valence-corrected chi connectivity index (χ1v) is 7.42. The fraction of sp³-hybridized carbons (Fsp3) is 0.200. The van der Waals surface area contributed by atoms with E-state index in [1.54, 1.807) is 0 Å². The van der Waals surface area contributed by atoms with Crippen molar-refractivity contribution in [1.29, 1.82) is 0 Å². The first-order chi connectivity index (χ1) is 10.2. The lowest BCUT2D eigenvalue weighted by Crippen LogP contribution is -2.19. The second-order valence-electron chi connectivity index (χ2n) is 4.57. The van der Waals surface area contributed by atoms with Crippen molar-refractivity contribution in [2.75, 3.05) is 6.61 Å². The van der Waals surface area contributed by atoms with Gasteiger partial charge >= 0.3 is 5.76 Å². The molecule has 2 heterocycles.